The average molecular weight is 354 g/mol. The zero-order chi connectivity index (χ0) is 17.5. The van der Waals surface area contributed by atoms with Gasteiger partial charge in [-0.15, -0.1) is 10.2 Å². The Morgan fingerprint density at radius 3 is 2.75 bits per heavy atom. The number of nitrogens with zero attached hydrogens (tertiary/aromatic N) is 4. The smallest absolute Gasteiger partial charge is 0.412 e. The van der Waals surface area contributed by atoms with Gasteiger partial charge in [-0.3, -0.25) is 5.32 Å². The number of aromatic nitrogens is 4. The van der Waals surface area contributed by atoms with E-state index in [4.69, 9.17) is 16.3 Å². The van der Waals surface area contributed by atoms with Crippen LogP contribution in [0.2, 0.25) is 5.02 Å². The number of tetrazole rings is 1. The second-order valence-electron chi connectivity index (χ2n) is 6.60. The van der Waals surface area contributed by atoms with Gasteiger partial charge in [-0.2, -0.15) is 4.80 Å². The van der Waals surface area contributed by atoms with E-state index in [9.17, 15) is 9.18 Å². The number of benzene rings is 1. The maximum Gasteiger partial charge on any atom is 0.412 e. The van der Waals surface area contributed by atoms with E-state index in [-0.39, 0.29) is 28.1 Å². The van der Waals surface area contributed by atoms with Gasteiger partial charge >= 0.3 is 6.09 Å². The number of halogens is 2. The summed E-state index contributed by atoms with van der Waals surface area (Å²) in [6.07, 6.45) is 1.30. The molecule has 1 aliphatic rings. The molecular formula is C15H17ClFN5O2. The highest BCUT2D eigenvalue weighted by Gasteiger charge is 2.27. The summed E-state index contributed by atoms with van der Waals surface area (Å²) < 4.78 is 19.4. The molecule has 0 spiro atoms. The van der Waals surface area contributed by atoms with Crippen LogP contribution >= 0.6 is 11.6 Å². The fourth-order valence-electron chi connectivity index (χ4n) is 2.02. The van der Waals surface area contributed by atoms with E-state index in [0.29, 0.717) is 0 Å². The Morgan fingerprint density at radius 1 is 1.42 bits per heavy atom. The molecule has 1 heterocycles. The number of hydrogen-bond donors (Lipinski definition) is 1. The number of amides is 1. The summed E-state index contributed by atoms with van der Waals surface area (Å²) >= 11 is 6.00. The summed E-state index contributed by atoms with van der Waals surface area (Å²) in [6.45, 7) is 5.22. The summed E-state index contributed by atoms with van der Waals surface area (Å²) in [5.74, 6) is -0.451. The van der Waals surface area contributed by atoms with E-state index >= 15 is 0 Å². The summed E-state index contributed by atoms with van der Waals surface area (Å²) in [6, 6.07) is 2.71. The lowest BCUT2D eigenvalue weighted by Gasteiger charge is -2.20. The first kappa shape index (κ1) is 16.6. The summed E-state index contributed by atoms with van der Waals surface area (Å²) in [7, 11) is 0. The van der Waals surface area contributed by atoms with Gasteiger partial charge in [0.15, 0.2) is 0 Å². The molecule has 2 aromatic rings. The van der Waals surface area contributed by atoms with E-state index in [2.05, 4.69) is 20.7 Å². The fourth-order valence-corrected chi connectivity index (χ4v) is 2.22. The Morgan fingerprint density at radius 2 is 2.12 bits per heavy atom. The van der Waals surface area contributed by atoms with E-state index in [0.717, 1.165) is 18.9 Å². The van der Waals surface area contributed by atoms with Gasteiger partial charge in [0, 0.05) is 0 Å². The van der Waals surface area contributed by atoms with Crippen LogP contribution in [0.25, 0.3) is 11.4 Å². The first-order chi connectivity index (χ1) is 11.2. The third-order valence-corrected chi connectivity index (χ3v) is 3.55. The van der Waals surface area contributed by atoms with E-state index < -0.39 is 17.5 Å². The van der Waals surface area contributed by atoms with Gasteiger partial charge in [0.1, 0.15) is 11.4 Å². The van der Waals surface area contributed by atoms with Crippen molar-refractivity contribution < 1.29 is 13.9 Å². The largest absolute Gasteiger partial charge is 0.444 e. The number of rotatable bonds is 3. The van der Waals surface area contributed by atoms with Crippen LogP contribution in [0.3, 0.4) is 0 Å². The van der Waals surface area contributed by atoms with Crippen LogP contribution in [0.15, 0.2) is 12.1 Å². The van der Waals surface area contributed by atoms with Crippen LogP contribution in [-0.2, 0) is 4.74 Å². The van der Waals surface area contributed by atoms with Gasteiger partial charge in [0.25, 0.3) is 0 Å². The number of anilines is 1. The van der Waals surface area contributed by atoms with Crippen LogP contribution in [0.5, 0.6) is 0 Å². The van der Waals surface area contributed by atoms with Gasteiger partial charge in [0.2, 0.25) is 5.82 Å². The predicted octanol–water partition coefficient (Wildman–Crippen LogP) is 3.81. The van der Waals surface area contributed by atoms with Crippen molar-refractivity contribution >= 4 is 23.4 Å². The minimum Gasteiger partial charge on any atom is -0.444 e. The van der Waals surface area contributed by atoms with Crippen LogP contribution in [0.1, 0.15) is 39.7 Å². The molecule has 1 saturated carbocycles. The second kappa shape index (κ2) is 6.01. The minimum absolute atomic E-state index is 0.0525. The Balaban J connectivity index is 1.86. The zero-order valence-electron chi connectivity index (χ0n) is 13.5. The van der Waals surface area contributed by atoms with Crippen molar-refractivity contribution in [3.63, 3.8) is 0 Å². The van der Waals surface area contributed by atoms with Gasteiger partial charge in [-0.25, -0.2) is 9.18 Å². The highest BCUT2D eigenvalue weighted by Crippen LogP contribution is 2.34. The van der Waals surface area contributed by atoms with Crippen molar-refractivity contribution in [1.29, 1.82) is 0 Å². The van der Waals surface area contributed by atoms with Crippen molar-refractivity contribution in [3.8, 4) is 11.4 Å². The van der Waals surface area contributed by atoms with Crippen molar-refractivity contribution in [2.75, 3.05) is 5.32 Å². The lowest BCUT2D eigenvalue weighted by atomic mass is 10.1. The molecule has 1 aromatic heterocycles. The average Bonchev–Trinajstić information content (AvgIpc) is 3.18. The van der Waals surface area contributed by atoms with E-state index in [1.165, 1.54) is 10.9 Å². The maximum atomic E-state index is 14.2. The Hall–Kier alpha value is -2.22. The number of hydrogen-bond acceptors (Lipinski definition) is 5. The minimum atomic E-state index is -0.684. The van der Waals surface area contributed by atoms with E-state index in [1.54, 1.807) is 20.8 Å². The third-order valence-electron chi connectivity index (χ3n) is 3.23. The van der Waals surface area contributed by atoms with Gasteiger partial charge < -0.3 is 4.74 Å². The fraction of sp³-hybridized carbons (Fsp3) is 0.467. The van der Waals surface area contributed by atoms with E-state index in [1.807, 2.05) is 0 Å². The molecule has 24 heavy (non-hydrogen) atoms. The lowest BCUT2D eigenvalue weighted by Crippen LogP contribution is -2.27. The summed E-state index contributed by atoms with van der Waals surface area (Å²) in [4.78, 5) is 13.4. The number of ether oxygens (including phenoxy) is 1. The zero-order valence-corrected chi connectivity index (χ0v) is 14.3. The van der Waals surface area contributed by atoms with Crippen molar-refractivity contribution in [3.05, 3.63) is 23.0 Å². The predicted molar refractivity (Wildman–Crippen MR) is 86.3 cm³/mol. The Kier molecular flexibility index (Phi) is 4.16. The second-order valence-corrected chi connectivity index (χ2v) is 7.01. The Bertz CT molecular complexity index is 783. The quantitative estimate of drug-likeness (QED) is 0.907. The van der Waals surface area contributed by atoms with Gasteiger partial charge in [-0.05, 0) is 51.0 Å². The molecule has 1 N–H and O–H groups in total. The molecule has 0 atom stereocenters. The topological polar surface area (TPSA) is 81.9 Å². The Labute approximate surface area is 143 Å². The molecule has 1 aromatic carbocycles. The first-order valence-corrected chi connectivity index (χ1v) is 7.89. The number of carbonyl (C=O) groups excluding carboxylic acids is 1. The molecule has 0 saturated heterocycles. The molecule has 1 fully saturated rings. The maximum absolute atomic E-state index is 14.2. The van der Waals surface area contributed by atoms with Crippen LogP contribution in [0.4, 0.5) is 14.9 Å². The molecule has 7 nitrogen and oxygen atoms in total. The molecule has 1 aliphatic carbocycles. The number of nitrogens with one attached hydrogen (secondary N) is 1. The van der Waals surface area contributed by atoms with Gasteiger partial charge in [0.05, 0.1) is 22.3 Å². The molecule has 0 aliphatic heterocycles. The molecular weight excluding hydrogens is 337 g/mol. The highest BCUT2D eigenvalue weighted by molar-refractivity contribution is 6.33. The normalized spacial score (nSPS) is 14.5. The molecule has 3 rings (SSSR count). The molecule has 0 bridgehead atoms. The standard InChI is InChI=1S/C15H17ClFN5O2/c1-15(2,3)24-14(23)18-12-6-9(11(17)7-10(12)16)13-19-21-22(20-13)8-4-5-8/h6-8H,4-5H2,1-3H3,(H,18,23). The molecule has 128 valence electrons. The van der Waals surface area contributed by atoms with Crippen molar-refractivity contribution in [2.24, 2.45) is 0 Å². The molecule has 0 unspecified atom stereocenters. The van der Waals surface area contributed by atoms with Crippen molar-refractivity contribution in [1.82, 2.24) is 20.2 Å². The van der Waals surface area contributed by atoms with Crippen LogP contribution < -0.4 is 5.32 Å². The molecule has 1 amide bonds. The highest BCUT2D eigenvalue weighted by atomic mass is 35.5. The SMILES string of the molecule is CC(C)(C)OC(=O)Nc1cc(-c2nnn(C3CC3)n2)c(F)cc1Cl. The van der Waals surface area contributed by atoms with Crippen LogP contribution in [0, 0.1) is 5.82 Å². The lowest BCUT2D eigenvalue weighted by molar-refractivity contribution is 0.0636. The monoisotopic (exact) mass is 353 g/mol. The molecule has 9 heteroatoms. The third kappa shape index (κ3) is 3.81. The number of carbonyl (C=O) groups is 1. The first-order valence-electron chi connectivity index (χ1n) is 7.52. The van der Waals surface area contributed by atoms with Crippen LogP contribution in [-0.4, -0.2) is 31.9 Å². The molecule has 0 radical (unpaired) electrons. The summed E-state index contributed by atoms with van der Waals surface area (Å²) in [5, 5.41) is 14.5. The van der Waals surface area contributed by atoms with Crippen molar-refractivity contribution in [2.45, 2.75) is 45.3 Å². The summed E-state index contributed by atoms with van der Waals surface area (Å²) in [5.41, 5.74) is -0.337. The van der Waals surface area contributed by atoms with Gasteiger partial charge in [-0.1, -0.05) is 11.6 Å².